The third kappa shape index (κ3) is 3.68. The Kier molecular flexibility index (Phi) is 4.80. The third-order valence-electron chi connectivity index (χ3n) is 4.72. The van der Waals surface area contributed by atoms with Gasteiger partial charge in [0.15, 0.2) is 0 Å². The fraction of sp³-hybridized carbons (Fsp3) is 0.238. The molecule has 0 saturated heterocycles. The Morgan fingerprint density at radius 2 is 2.08 bits per heavy atom. The van der Waals surface area contributed by atoms with Crippen LogP contribution in [0.2, 0.25) is 0 Å². The maximum atomic E-state index is 12.0. The molecule has 5 heteroatoms. The standard InChI is InChI=1S/C21H21N3O2/c25-21(17-5-2-1-3-6-17)26-15-16-8-11-24(12-9-16)14-18-13-23-20-19(18)7-4-10-22-20/h1-8,10,13H,9,11-12,14-15H2,(H,22,23). The van der Waals surface area contributed by atoms with Crippen molar-refractivity contribution in [2.24, 2.45) is 0 Å². The number of carbonyl (C=O) groups is 1. The van der Waals surface area contributed by atoms with Crippen LogP contribution in [0.5, 0.6) is 0 Å². The summed E-state index contributed by atoms with van der Waals surface area (Å²) in [6.45, 7) is 3.09. The van der Waals surface area contributed by atoms with Crippen LogP contribution >= 0.6 is 0 Å². The van der Waals surface area contributed by atoms with E-state index in [2.05, 4.69) is 27.0 Å². The van der Waals surface area contributed by atoms with Crippen LogP contribution in [-0.2, 0) is 11.3 Å². The number of nitrogens with one attached hydrogen (secondary N) is 1. The Hall–Kier alpha value is -2.92. The summed E-state index contributed by atoms with van der Waals surface area (Å²) in [5.41, 5.74) is 3.98. The average Bonchev–Trinajstić information content (AvgIpc) is 3.11. The first-order valence-electron chi connectivity index (χ1n) is 8.83. The van der Waals surface area contributed by atoms with E-state index < -0.39 is 0 Å². The number of nitrogens with zero attached hydrogens (tertiary/aromatic N) is 2. The molecule has 0 radical (unpaired) electrons. The number of fused-ring (bicyclic) bond motifs is 1. The second-order valence-electron chi connectivity index (χ2n) is 6.50. The molecule has 3 heterocycles. The van der Waals surface area contributed by atoms with Crippen LogP contribution in [0, 0.1) is 0 Å². The smallest absolute Gasteiger partial charge is 0.338 e. The van der Waals surface area contributed by atoms with Crippen LogP contribution in [0.3, 0.4) is 0 Å². The second-order valence-corrected chi connectivity index (χ2v) is 6.50. The van der Waals surface area contributed by atoms with E-state index in [4.69, 9.17) is 4.74 Å². The van der Waals surface area contributed by atoms with Crippen LogP contribution in [0.1, 0.15) is 22.3 Å². The molecule has 0 saturated carbocycles. The van der Waals surface area contributed by atoms with Gasteiger partial charge in [-0.25, -0.2) is 9.78 Å². The average molecular weight is 347 g/mol. The van der Waals surface area contributed by atoms with E-state index in [-0.39, 0.29) is 5.97 Å². The van der Waals surface area contributed by atoms with Gasteiger partial charge in [0.2, 0.25) is 0 Å². The SMILES string of the molecule is O=C(OCC1=CCN(Cc2c[nH]c3ncccc23)CC1)c1ccccc1. The zero-order valence-electron chi connectivity index (χ0n) is 14.5. The molecule has 1 N–H and O–H groups in total. The number of benzene rings is 1. The normalized spacial score (nSPS) is 15.0. The highest BCUT2D eigenvalue weighted by atomic mass is 16.5. The zero-order chi connectivity index (χ0) is 17.8. The lowest BCUT2D eigenvalue weighted by atomic mass is 10.1. The molecule has 1 aliphatic rings. The van der Waals surface area contributed by atoms with Gasteiger partial charge in [0, 0.05) is 37.4 Å². The van der Waals surface area contributed by atoms with Crippen LogP contribution < -0.4 is 0 Å². The molecule has 2 aromatic heterocycles. The van der Waals surface area contributed by atoms with Gasteiger partial charge in [0.05, 0.1) is 5.56 Å². The lowest BCUT2D eigenvalue weighted by molar-refractivity contribution is 0.0533. The van der Waals surface area contributed by atoms with E-state index in [1.54, 1.807) is 18.3 Å². The van der Waals surface area contributed by atoms with Crippen molar-refractivity contribution in [3.8, 4) is 0 Å². The third-order valence-corrected chi connectivity index (χ3v) is 4.72. The van der Waals surface area contributed by atoms with Gasteiger partial charge in [-0.3, -0.25) is 4.90 Å². The number of aromatic amines is 1. The van der Waals surface area contributed by atoms with Crippen LogP contribution in [0.4, 0.5) is 0 Å². The van der Waals surface area contributed by atoms with Gasteiger partial charge >= 0.3 is 5.97 Å². The van der Waals surface area contributed by atoms with Crippen molar-refractivity contribution >= 4 is 17.0 Å². The van der Waals surface area contributed by atoms with Gasteiger partial charge in [0.25, 0.3) is 0 Å². The summed E-state index contributed by atoms with van der Waals surface area (Å²) in [5.74, 6) is -0.264. The van der Waals surface area contributed by atoms with Crippen LogP contribution in [0.25, 0.3) is 11.0 Å². The largest absolute Gasteiger partial charge is 0.458 e. The van der Waals surface area contributed by atoms with E-state index in [1.165, 1.54) is 16.5 Å². The number of aromatic nitrogens is 2. The van der Waals surface area contributed by atoms with Gasteiger partial charge in [-0.05, 0) is 41.8 Å². The molecule has 0 unspecified atom stereocenters. The number of esters is 1. The van der Waals surface area contributed by atoms with Gasteiger partial charge in [-0.1, -0.05) is 24.3 Å². The number of ether oxygens (including phenoxy) is 1. The molecule has 0 spiro atoms. The Labute approximate surface area is 152 Å². The maximum absolute atomic E-state index is 12.0. The minimum absolute atomic E-state index is 0.264. The fourth-order valence-electron chi connectivity index (χ4n) is 3.23. The molecule has 0 bridgehead atoms. The van der Waals surface area contributed by atoms with Crippen molar-refractivity contribution in [2.45, 2.75) is 13.0 Å². The van der Waals surface area contributed by atoms with Crippen LogP contribution in [-0.4, -0.2) is 40.5 Å². The first-order valence-corrected chi connectivity index (χ1v) is 8.83. The molecule has 4 rings (SSSR count). The van der Waals surface area contributed by atoms with Crippen molar-refractivity contribution in [3.05, 3.63) is 77.6 Å². The van der Waals surface area contributed by atoms with E-state index >= 15 is 0 Å². The van der Waals surface area contributed by atoms with Crippen molar-refractivity contribution < 1.29 is 9.53 Å². The molecular weight excluding hydrogens is 326 g/mol. The van der Waals surface area contributed by atoms with Gasteiger partial charge < -0.3 is 9.72 Å². The minimum atomic E-state index is -0.264. The molecule has 132 valence electrons. The number of carbonyl (C=O) groups excluding carboxylic acids is 1. The molecule has 0 aliphatic carbocycles. The molecule has 1 aromatic carbocycles. The number of hydrogen-bond acceptors (Lipinski definition) is 4. The monoisotopic (exact) mass is 347 g/mol. The van der Waals surface area contributed by atoms with Crippen molar-refractivity contribution in [1.82, 2.24) is 14.9 Å². The molecular formula is C21H21N3O2. The summed E-state index contributed by atoms with van der Waals surface area (Å²) in [7, 11) is 0. The Balaban J connectivity index is 1.31. The Morgan fingerprint density at radius 3 is 2.88 bits per heavy atom. The van der Waals surface area contributed by atoms with E-state index in [9.17, 15) is 4.79 Å². The lowest BCUT2D eigenvalue weighted by Gasteiger charge is -2.26. The van der Waals surface area contributed by atoms with Crippen molar-refractivity contribution in [3.63, 3.8) is 0 Å². The van der Waals surface area contributed by atoms with E-state index in [0.717, 1.165) is 31.7 Å². The van der Waals surface area contributed by atoms with Crippen molar-refractivity contribution in [2.75, 3.05) is 19.7 Å². The quantitative estimate of drug-likeness (QED) is 0.566. The predicted molar refractivity (Wildman–Crippen MR) is 101 cm³/mol. The summed E-state index contributed by atoms with van der Waals surface area (Å²) in [5, 5.41) is 1.18. The summed E-state index contributed by atoms with van der Waals surface area (Å²) in [4.78, 5) is 22.0. The summed E-state index contributed by atoms with van der Waals surface area (Å²) in [6, 6.07) is 13.2. The van der Waals surface area contributed by atoms with Gasteiger partial charge in [-0.15, -0.1) is 0 Å². The predicted octanol–water partition coefficient (Wildman–Crippen LogP) is 3.55. The highest BCUT2D eigenvalue weighted by Crippen LogP contribution is 2.20. The minimum Gasteiger partial charge on any atom is -0.458 e. The summed E-state index contributed by atoms with van der Waals surface area (Å²) < 4.78 is 5.43. The highest BCUT2D eigenvalue weighted by Gasteiger charge is 2.15. The zero-order valence-corrected chi connectivity index (χ0v) is 14.5. The number of H-pyrrole nitrogens is 1. The second kappa shape index (κ2) is 7.54. The highest BCUT2D eigenvalue weighted by molar-refractivity contribution is 5.89. The number of pyridine rings is 1. The first kappa shape index (κ1) is 16.5. The van der Waals surface area contributed by atoms with E-state index in [1.807, 2.05) is 30.5 Å². The molecule has 3 aromatic rings. The van der Waals surface area contributed by atoms with Gasteiger partial charge in [0.1, 0.15) is 12.3 Å². The van der Waals surface area contributed by atoms with E-state index in [0.29, 0.717) is 12.2 Å². The molecule has 5 nitrogen and oxygen atoms in total. The molecule has 26 heavy (non-hydrogen) atoms. The summed E-state index contributed by atoms with van der Waals surface area (Å²) >= 11 is 0. The van der Waals surface area contributed by atoms with Gasteiger partial charge in [-0.2, -0.15) is 0 Å². The molecule has 0 atom stereocenters. The molecule has 0 amide bonds. The molecule has 1 aliphatic heterocycles. The summed E-state index contributed by atoms with van der Waals surface area (Å²) in [6.07, 6.45) is 6.94. The molecule has 0 fully saturated rings. The Morgan fingerprint density at radius 1 is 1.19 bits per heavy atom. The fourth-order valence-corrected chi connectivity index (χ4v) is 3.23. The lowest BCUT2D eigenvalue weighted by Crippen LogP contribution is -2.29. The van der Waals surface area contributed by atoms with Crippen LogP contribution in [0.15, 0.2) is 66.5 Å². The van der Waals surface area contributed by atoms with Crippen molar-refractivity contribution in [1.29, 1.82) is 0 Å². The maximum Gasteiger partial charge on any atom is 0.338 e. The number of hydrogen-bond donors (Lipinski definition) is 1. The topological polar surface area (TPSA) is 58.2 Å². The first-order chi connectivity index (χ1) is 12.8. The Bertz CT molecular complexity index is 931. The number of rotatable bonds is 5.